The monoisotopic (exact) mass is 578 g/mol. The molecule has 6 nitrogen and oxygen atoms in total. The number of ketones is 2. The van der Waals surface area contributed by atoms with Crippen molar-refractivity contribution in [1.29, 1.82) is 0 Å². The van der Waals surface area contributed by atoms with Crippen LogP contribution in [-0.4, -0.2) is 51.1 Å². The summed E-state index contributed by atoms with van der Waals surface area (Å²) in [6, 6.07) is 11.0. The summed E-state index contributed by atoms with van der Waals surface area (Å²) < 4.78 is 11.9. The average Bonchev–Trinajstić information content (AvgIpc) is 3.01. The van der Waals surface area contributed by atoms with Gasteiger partial charge >= 0.3 is 0 Å². The van der Waals surface area contributed by atoms with Crippen LogP contribution in [0.1, 0.15) is 124 Å². The van der Waals surface area contributed by atoms with E-state index in [0.29, 0.717) is 71.8 Å². The topological polar surface area (TPSA) is 76.7 Å². The summed E-state index contributed by atoms with van der Waals surface area (Å²) in [5.74, 6) is 1.05. The maximum Gasteiger partial charge on any atom is 0.196 e. The minimum Gasteiger partial charge on any atom is -0.384 e. The van der Waals surface area contributed by atoms with Gasteiger partial charge in [-0.2, -0.15) is 0 Å². The minimum atomic E-state index is -0.106. The first kappa shape index (κ1) is 33.8. The van der Waals surface area contributed by atoms with Gasteiger partial charge in [0.2, 0.25) is 0 Å². The quantitative estimate of drug-likeness (QED) is 0.116. The fourth-order valence-electron chi connectivity index (χ4n) is 5.63. The van der Waals surface area contributed by atoms with Crippen LogP contribution in [0.3, 0.4) is 0 Å². The van der Waals surface area contributed by atoms with Gasteiger partial charge in [-0.3, -0.25) is 9.59 Å². The molecule has 2 atom stereocenters. The molecular formula is C36H54N2O4. The molecule has 2 aromatic rings. The molecule has 2 aromatic carbocycles. The van der Waals surface area contributed by atoms with Crippen LogP contribution < -0.4 is 10.6 Å². The smallest absolute Gasteiger partial charge is 0.196 e. The largest absolute Gasteiger partial charge is 0.384 e. The second-order valence-electron chi connectivity index (χ2n) is 11.7. The molecule has 0 heterocycles. The van der Waals surface area contributed by atoms with Crippen molar-refractivity contribution in [3.8, 4) is 0 Å². The van der Waals surface area contributed by atoms with Gasteiger partial charge in [-0.05, 0) is 49.7 Å². The van der Waals surface area contributed by atoms with Crippen molar-refractivity contribution in [2.24, 2.45) is 11.8 Å². The molecule has 0 bridgehead atoms. The number of carbonyl (C=O) groups excluding carboxylic acids is 2. The minimum absolute atomic E-state index is 0.106. The number of hydrogen-bond donors (Lipinski definition) is 2. The number of carbonyl (C=O) groups is 2. The predicted molar refractivity (Wildman–Crippen MR) is 174 cm³/mol. The van der Waals surface area contributed by atoms with Crippen molar-refractivity contribution in [2.75, 3.05) is 50.2 Å². The third-order valence-corrected chi connectivity index (χ3v) is 8.43. The summed E-state index contributed by atoms with van der Waals surface area (Å²) in [4.78, 5) is 27.3. The number of ether oxygens (including phenoxy) is 2. The highest BCUT2D eigenvalue weighted by Gasteiger charge is 2.33. The molecule has 42 heavy (non-hydrogen) atoms. The lowest BCUT2D eigenvalue weighted by atomic mass is 9.82. The van der Waals surface area contributed by atoms with E-state index in [1.807, 2.05) is 24.3 Å². The molecule has 0 saturated carbocycles. The van der Waals surface area contributed by atoms with Gasteiger partial charge < -0.3 is 20.1 Å². The zero-order valence-corrected chi connectivity index (χ0v) is 26.6. The van der Waals surface area contributed by atoms with Crippen molar-refractivity contribution in [2.45, 2.75) is 91.9 Å². The molecule has 0 aliphatic heterocycles. The van der Waals surface area contributed by atoms with E-state index in [9.17, 15) is 9.59 Å². The Balaban J connectivity index is 1.53. The van der Waals surface area contributed by atoms with Crippen molar-refractivity contribution < 1.29 is 19.1 Å². The van der Waals surface area contributed by atoms with Crippen LogP contribution in [0.25, 0.3) is 0 Å². The second kappa shape index (κ2) is 18.8. The molecule has 2 unspecified atom stereocenters. The van der Waals surface area contributed by atoms with E-state index in [2.05, 4.69) is 38.3 Å². The molecule has 232 valence electrons. The summed E-state index contributed by atoms with van der Waals surface area (Å²) >= 11 is 0. The number of anilines is 2. The summed E-state index contributed by atoms with van der Waals surface area (Å²) in [5, 5.41) is 6.80. The van der Waals surface area contributed by atoms with E-state index in [4.69, 9.17) is 9.47 Å². The molecule has 0 fully saturated rings. The lowest BCUT2D eigenvalue weighted by Gasteiger charge is -2.23. The van der Waals surface area contributed by atoms with E-state index in [1.165, 1.54) is 38.5 Å². The van der Waals surface area contributed by atoms with E-state index in [0.717, 1.165) is 38.9 Å². The Labute approximate surface area is 254 Å². The van der Waals surface area contributed by atoms with Crippen LogP contribution in [0.5, 0.6) is 0 Å². The van der Waals surface area contributed by atoms with Gasteiger partial charge in [0.05, 0.1) is 11.1 Å². The first-order chi connectivity index (χ1) is 20.5. The number of benzene rings is 2. The Hall–Kier alpha value is -2.70. The highest BCUT2D eigenvalue weighted by molar-refractivity contribution is 6.31. The van der Waals surface area contributed by atoms with Crippen molar-refractivity contribution in [1.82, 2.24) is 0 Å². The molecule has 6 heteroatoms. The maximum absolute atomic E-state index is 13.7. The molecule has 3 rings (SSSR count). The Bertz CT molecular complexity index is 1030. The fourth-order valence-corrected chi connectivity index (χ4v) is 5.63. The number of hydrogen-bond acceptors (Lipinski definition) is 6. The first-order valence-corrected chi connectivity index (χ1v) is 16.5. The third-order valence-electron chi connectivity index (χ3n) is 8.43. The summed E-state index contributed by atoms with van der Waals surface area (Å²) in [5.41, 5.74) is 3.30. The molecule has 0 spiro atoms. The Morgan fingerprint density at radius 2 is 1.05 bits per heavy atom. The van der Waals surface area contributed by atoms with Crippen LogP contribution in [0.4, 0.5) is 11.4 Å². The van der Waals surface area contributed by atoms with Gasteiger partial charge in [0.1, 0.15) is 0 Å². The number of rotatable bonds is 22. The zero-order valence-electron chi connectivity index (χ0n) is 26.6. The lowest BCUT2D eigenvalue weighted by Crippen LogP contribution is -2.24. The van der Waals surface area contributed by atoms with Gasteiger partial charge in [-0.15, -0.1) is 0 Å². The molecule has 2 N–H and O–H groups in total. The number of unbranched alkanes of at least 4 members (excludes halogenated alkanes) is 2. The van der Waals surface area contributed by atoms with Gasteiger partial charge in [-0.1, -0.05) is 90.5 Å². The molecule has 1 aliphatic rings. The van der Waals surface area contributed by atoms with Gasteiger partial charge in [0, 0.05) is 62.0 Å². The Morgan fingerprint density at radius 3 is 1.43 bits per heavy atom. The average molecular weight is 579 g/mol. The molecule has 0 radical (unpaired) electrons. The summed E-state index contributed by atoms with van der Waals surface area (Å²) in [6.45, 7) is 13.2. The SMILES string of the molecule is CCCCC(CC)COCCCNc1cccc2c1C(=O)c1cccc(NCCCOCC(CC)CCCC)c1C2=O. The van der Waals surface area contributed by atoms with Crippen molar-refractivity contribution in [3.05, 3.63) is 58.7 Å². The van der Waals surface area contributed by atoms with Crippen LogP contribution in [0.15, 0.2) is 36.4 Å². The van der Waals surface area contributed by atoms with Crippen LogP contribution in [0.2, 0.25) is 0 Å². The van der Waals surface area contributed by atoms with E-state index in [1.54, 1.807) is 12.1 Å². The second-order valence-corrected chi connectivity index (χ2v) is 11.7. The van der Waals surface area contributed by atoms with Gasteiger partial charge in [0.25, 0.3) is 0 Å². The van der Waals surface area contributed by atoms with Crippen LogP contribution >= 0.6 is 0 Å². The molecule has 1 aliphatic carbocycles. The number of fused-ring (bicyclic) bond motifs is 2. The summed E-state index contributed by atoms with van der Waals surface area (Å²) in [7, 11) is 0. The maximum atomic E-state index is 13.7. The normalized spacial score (nSPS) is 13.9. The predicted octanol–water partition coefficient (Wildman–Crippen LogP) is 8.53. The number of nitrogens with one attached hydrogen (secondary N) is 2. The summed E-state index contributed by atoms with van der Waals surface area (Å²) in [6.07, 6.45) is 11.4. The first-order valence-electron chi connectivity index (χ1n) is 16.5. The van der Waals surface area contributed by atoms with E-state index < -0.39 is 0 Å². The Morgan fingerprint density at radius 1 is 0.619 bits per heavy atom. The molecule has 0 saturated heterocycles. The molecule has 0 aromatic heterocycles. The van der Waals surface area contributed by atoms with Crippen LogP contribution in [-0.2, 0) is 9.47 Å². The highest BCUT2D eigenvalue weighted by Crippen LogP contribution is 2.35. The van der Waals surface area contributed by atoms with Gasteiger partial charge in [0.15, 0.2) is 11.6 Å². The van der Waals surface area contributed by atoms with E-state index in [-0.39, 0.29) is 11.6 Å². The van der Waals surface area contributed by atoms with E-state index >= 15 is 0 Å². The standard InChI is InChI=1S/C36H54N2O4/c1-5-9-15-27(7-3)25-41-23-13-21-37-31-19-11-17-29-33(31)35(39)30-18-12-20-32(34(30)36(29)40)38-22-14-24-42-26-28(8-4)16-10-6-2/h11-12,17-20,27-28,37-38H,5-10,13-16,21-26H2,1-4H3. The Kier molecular flexibility index (Phi) is 15.1. The van der Waals surface area contributed by atoms with Crippen molar-refractivity contribution >= 4 is 22.9 Å². The lowest BCUT2D eigenvalue weighted by molar-refractivity contribution is 0.0936. The van der Waals surface area contributed by atoms with Gasteiger partial charge in [-0.25, -0.2) is 0 Å². The molecular weight excluding hydrogens is 524 g/mol. The molecule has 0 amide bonds. The highest BCUT2D eigenvalue weighted by atomic mass is 16.5. The van der Waals surface area contributed by atoms with Crippen molar-refractivity contribution in [3.63, 3.8) is 0 Å². The van der Waals surface area contributed by atoms with Crippen LogP contribution in [0, 0.1) is 11.8 Å². The fraction of sp³-hybridized carbons (Fsp3) is 0.611. The third kappa shape index (κ3) is 9.67. The zero-order chi connectivity index (χ0) is 30.2.